The number of hydrogen-bond donors (Lipinski definition) is 2. The van der Waals surface area contributed by atoms with Crippen LogP contribution in [0.1, 0.15) is 12.0 Å². The first-order valence-electron chi connectivity index (χ1n) is 7.00. The third-order valence-corrected chi connectivity index (χ3v) is 5.09. The zero-order chi connectivity index (χ0) is 15.7. The van der Waals surface area contributed by atoms with Crippen molar-refractivity contribution in [1.82, 2.24) is 19.8 Å². The normalized spacial score (nSPS) is 17.9. The van der Waals surface area contributed by atoms with E-state index >= 15 is 0 Å². The molecule has 3 rings (SSSR count). The van der Waals surface area contributed by atoms with E-state index in [1.165, 1.54) is 16.8 Å². The highest BCUT2D eigenvalue weighted by molar-refractivity contribution is 7.89. The molecule has 6 nitrogen and oxygen atoms in total. The third kappa shape index (κ3) is 3.89. The summed E-state index contributed by atoms with van der Waals surface area (Å²) in [6.45, 7) is 3.21. The number of nitrogens with one attached hydrogen (secondary N) is 2. The van der Waals surface area contributed by atoms with Crippen LogP contribution in [-0.4, -0.2) is 37.3 Å². The van der Waals surface area contributed by atoms with E-state index in [0.29, 0.717) is 6.54 Å². The highest BCUT2D eigenvalue weighted by Crippen LogP contribution is 2.19. The van der Waals surface area contributed by atoms with Gasteiger partial charge in [0.2, 0.25) is 10.0 Å². The highest BCUT2D eigenvalue weighted by Gasteiger charge is 2.23. The van der Waals surface area contributed by atoms with Crippen LogP contribution in [0.2, 0.25) is 0 Å². The summed E-state index contributed by atoms with van der Waals surface area (Å²) in [4.78, 5) is -0.0791. The summed E-state index contributed by atoms with van der Waals surface area (Å²) in [5.74, 6) is -0.629. The van der Waals surface area contributed by atoms with Gasteiger partial charge in [0.25, 0.3) is 0 Å². The average molecular weight is 361 g/mol. The number of rotatable bonds is 4. The Morgan fingerprint density at radius 3 is 2.78 bits per heavy atom. The van der Waals surface area contributed by atoms with E-state index in [1.807, 2.05) is 6.92 Å². The standard InChI is InChI=1S/C14H17FN4O2S.ClH/c1-10-7-17-19(9-10)14-3-2-12(6-13(14)15)22(20,21)18-11-4-5-16-8-11;/h2-3,6-7,9,11,16,18H,4-5,8H2,1H3;1H. The van der Waals surface area contributed by atoms with Crippen LogP contribution in [0.25, 0.3) is 5.69 Å². The molecule has 0 aliphatic carbocycles. The van der Waals surface area contributed by atoms with Gasteiger partial charge in [-0.1, -0.05) is 0 Å². The van der Waals surface area contributed by atoms with Gasteiger partial charge in [-0.05, 0) is 43.7 Å². The predicted molar refractivity (Wildman–Crippen MR) is 87.1 cm³/mol. The van der Waals surface area contributed by atoms with E-state index in [-0.39, 0.29) is 29.0 Å². The molecule has 23 heavy (non-hydrogen) atoms. The SMILES string of the molecule is Cc1cnn(-c2ccc(S(=O)(=O)NC3CCNC3)cc2F)c1.Cl. The number of sulfonamides is 1. The Bertz CT molecular complexity index is 788. The topological polar surface area (TPSA) is 76.0 Å². The molecule has 1 fully saturated rings. The molecule has 2 aromatic rings. The molecule has 0 radical (unpaired) electrons. The monoisotopic (exact) mass is 360 g/mol. The Labute approximate surface area is 140 Å². The Morgan fingerprint density at radius 2 is 2.22 bits per heavy atom. The molecule has 0 spiro atoms. The van der Waals surface area contributed by atoms with Crippen LogP contribution in [0.5, 0.6) is 0 Å². The van der Waals surface area contributed by atoms with Crippen molar-refractivity contribution >= 4 is 22.4 Å². The lowest BCUT2D eigenvalue weighted by molar-refractivity contribution is 0.556. The van der Waals surface area contributed by atoms with Crippen LogP contribution >= 0.6 is 12.4 Å². The van der Waals surface area contributed by atoms with E-state index in [2.05, 4.69) is 15.1 Å². The quantitative estimate of drug-likeness (QED) is 0.863. The molecule has 1 aromatic heterocycles. The lowest BCUT2D eigenvalue weighted by atomic mass is 10.3. The van der Waals surface area contributed by atoms with Crippen LogP contribution in [0.3, 0.4) is 0 Å². The molecule has 126 valence electrons. The number of hydrogen-bond acceptors (Lipinski definition) is 4. The van der Waals surface area contributed by atoms with Crippen molar-refractivity contribution in [1.29, 1.82) is 0 Å². The lowest BCUT2D eigenvalue weighted by Crippen LogP contribution is -2.36. The lowest BCUT2D eigenvalue weighted by Gasteiger charge is -2.13. The maximum absolute atomic E-state index is 14.2. The minimum atomic E-state index is -3.72. The van der Waals surface area contributed by atoms with Gasteiger partial charge in [0.05, 0.1) is 11.1 Å². The van der Waals surface area contributed by atoms with Crippen molar-refractivity contribution in [2.45, 2.75) is 24.3 Å². The smallest absolute Gasteiger partial charge is 0.240 e. The number of halogens is 2. The van der Waals surface area contributed by atoms with Gasteiger partial charge < -0.3 is 5.32 Å². The molecule has 1 aliphatic rings. The largest absolute Gasteiger partial charge is 0.315 e. The van der Waals surface area contributed by atoms with Gasteiger partial charge in [-0.3, -0.25) is 0 Å². The summed E-state index contributed by atoms with van der Waals surface area (Å²) in [5, 5.41) is 7.10. The molecular formula is C14H18ClFN4O2S. The summed E-state index contributed by atoms with van der Waals surface area (Å²) >= 11 is 0. The van der Waals surface area contributed by atoms with Crippen LogP contribution in [0.15, 0.2) is 35.5 Å². The van der Waals surface area contributed by atoms with Gasteiger partial charge in [0, 0.05) is 18.8 Å². The van der Waals surface area contributed by atoms with Crippen LogP contribution in [0.4, 0.5) is 4.39 Å². The number of aromatic nitrogens is 2. The molecule has 1 unspecified atom stereocenters. The fourth-order valence-electron chi connectivity index (χ4n) is 2.43. The number of aryl methyl sites for hydroxylation is 1. The minimum absolute atomic E-state index is 0. The zero-order valence-electron chi connectivity index (χ0n) is 12.5. The molecule has 9 heteroatoms. The Balaban J connectivity index is 0.00000192. The fraction of sp³-hybridized carbons (Fsp3) is 0.357. The molecule has 0 saturated carbocycles. The van der Waals surface area contributed by atoms with Crippen LogP contribution < -0.4 is 10.0 Å². The van der Waals surface area contributed by atoms with E-state index in [0.717, 1.165) is 24.6 Å². The first kappa shape index (κ1) is 17.9. The van der Waals surface area contributed by atoms with Crippen molar-refractivity contribution in [3.8, 4) is 5.69 Å². The second-order valence-corrected chi connectivity index (χ2v) is 7.10. The second-order valence-electron chi connectivity index (χ2n) is 5.39. The first-order valence-corrected chi connectivity index (χ1v) is 8.48. The van der Waals surface area contributed by atoms with Gasteiger partial charge in [-0.2, -0.15) is 5.10 Å². The minimum Gasteiger partial charge on any atom is -0.315 e. The van der Waals surface area contributed by atoms with Gasteiger partial charge >= 0.3 is 0 Å². The molecule has 2 N–H and O–H groups in total. The van der Waals surface area contributed by atoms with Crippen molar-refractivity contribution in [2.24, 2.45) is 0 Å². The Hall–Kier alpha value is -1.48. The van der Waals surface area contributed by atoms with Crippen molar-refractivity contribution in [2.75, 3.05) is 13.1 Å². The summed E-state index contributed by atoms with van der Waals surface area (Å²) in [7, 11) is -3.72. The summed E-state index contributed by atoms with van der Waals surface area (Å²) in [6.07, 6.45) is 4.01. The highest BCUT2D eigenvalue weighted by atomic mass is 35.5. The van der Waals surface area contributed by atoms with Crippen molar-refractivity contribution < 1.29 is 12.8 Å². The third-order valence-electron chi connectivity index (χ3n) is 3.57. The zero-order valence-corrected chi connectivity index (χ0v) is 14.1. The van der Waals surface area contributed by atoms with Gasteiger partial charge in [0.15, 0.2) is 0 Å². The number of nitrogens with zero attached hydrogens (tertiary/aromatic N) is 2. The molecule has 1 atom stereocenters. The molecule has 1 aliphatic heterocycles. The van der Waals surface area contributed by atoms with E-state index < -0.39 is 15.8 Å². The maximum Gasteiger partial charge on any atom is 0.240 e. The summed E-state index contributed by atoms with van der Waals surface area (Å²) < 4.78 is 42.7. The van der Waals surface area contributed by atoms with Crippen molar-refractivity contribution in [3.63, 3.8) is 0 Å². The molecular weight excluding hydrogens is 343 g/mol. The van der Waals surface area contributed by atoms with Crippen LogP contribution in [-0.2, 0) is 10.0 Å². The molecule has 1 aromatic carbocycles. The van der Waals surface area contributed by atoms with E-state index in [1.54, 1.807) is 12.4 Å². The van der Waals surface area contributed by atoms with Gasteiger partial charge in [-0.25, -0.2) is 22.2 Å². The summed E-state index contributed by atoms with van der Waals surface area (Å²) in [5.41, 5.74) is 1.11. The average Bonchev–Trinajstić information content (AvgIpc) is 3.10. The van der Waals surface area contributed by atoms with Crippen molar-refractivity contribution in [3.05, 3.63) is 42.0 Å². The molecule has 2 heterocycles. The van der Waals surface area contributed by atoms with Crippen LogP contribution in [0, 0.1) is 12.7 Å². The Morgan fingerprint density at radius 1 is 1.43 bits per heavy atom. The first-order chi connectivity index (χ1) is 10.5. The maximum atomic E-state index is 14.2. The molecule has 0 amide bonds. The van der Waals surface area contributed by atoms with Gasteiger partial charge in [-0.15, -0.1) is 12.4 Å². The fourth-order valence-corrected chi connectivity index (χ4v) is 3.71. The van der Waals surface area contributed by atoms with Gasteiger partial charge in [0.1, 0.15) is 11.5 Å². The summed E-state index contributed by atoms with van der Waals surface area (Å²) in [6, 6.07) is 3.68. The predicted octanol–water partition coefficient (Wildman–Crippen LogP) is 1.38. The second kappa shape index (κ2) is 6.96. The Kier molecular flexibility index (Phi) is 5.41. The van der Waals surface area contributed by atoms with E-state index in [4.69, 9.17) is 0 Å². The number of benzene rings is 1. The van der Waals surface area contributed by atoms with E-state index in [9.17, 15) is 12.8 Å². The molecule has 1 saturated heterocycles. The molecule has 0 bridgehead atoms.